The maximum atomic E-state index is 13.2. The van der Waals surface area contributed by atoms with Crippen LogP contribution in [0.1, 0.15) is 36.7 Å². The number of para-hydroxylation sites is 1. The highest BCUT2D eigenvalue weighted by molar-refractivity contribution is 5.82. The van der Waals surface area contributed by atoms with Crippen LogP contribution in [0.25, 0.3) is 0 Å². The molecular weight excluding hydrogens is 399 g/mol. The van der Waals surface area contributed by atoms with Crippen molar-refractivity contribution in [3.63, 3.8) is 0 Å². The molecule has 31 heavy (non-hydrogen) atoms. The van der Waals surface area contributed by atoms with Gasteiger partial charge in [0.2, 0.25) is 0 Å². The Morgan fingerprint density at radius 2 is 1.84 bits per heavy atom. The molecule has 2 unspecified atom stereocenters. The molecule has 7 heteroatoms. The first-order valence-electron chi connectivity index (χ1n) is 10.5. The smallest absolute Gasteiger partial charge is 0.260 e. The Labute approximate surface area is 182 Å². The van der Waals surface area contributed by atoms with E-state index >= 15 is 0 Å². The minimum absolute atomic E-state index is 0.000394. The fourth-order valence-electron chi connectivity index (χ4n) is 3.86. The van der Waals surface area contributed by atoms with Gasteiger partial charge < -0.3 is 14.4 Å². The molecule has 0 spiro atoms. The van der Waals surface area contributed by atoms with Gasteiger partial charge in [-0.25, -0.2) is 4.39 Å². The monoisotopic (exact) mass is 428 g/mol. The summed E-state index contributed by atoms with van der Waals surface area (Å²) in [5.74, 6) is 0.363. The number of ether oxygens (including phenoxy) is 2. The van der Waals surface area contributed by atoms with Crippen LogP contribution in [0.3, 0.4) is 0 Å². The van der Waals surface area contributed by atoms with Crippen molar-refractivity contribution in [2.45, 2.75) is 39.4 Å². The maximum Gasteiger partial charge on any atom is 0.260 e. The highest BCUT2D eigenvalue weighted by Gasteiger charge is 2.32. The van der Waals surface area contributed by atoms with Crippen molar-refractivity contribution in [1.82, 2.24) is 9.80 Å². The molecule has 166 valence electrons. The van der Waals surface area contributed by atoms with Crippen molar-refractivity contribution in [2.75, 3.05) is 26.3 Å². The van der Waals surface area contributed by atoms with Crippen molar-refractivity contribution in [2.24, 2.45) is 0 Å². The Balaban J connectivity index is 1.62. The fraction of sp³-hybridized carbons (Fsp3) is 0.417. The van der Waals surface area contributed by atoms with Gasteiger partial charge in [0.1, 0.15) is 5.82 Å². The number of aldehydes is 1. The lowest BCUT2D eigenvalue weighted by atomic mass is 10.1. The summed E-state index contributed by atoms with van der Waals surface area (Å²) in [6, 6.07) is 11.7. The predicted molar refractivity (Wildman–Crippen MR) is 116 cm³/mol. The minimum Gasteiger partial charge on any atom is -0.490 e. The van der Waals surface area contributed by atoms with Crippen LogP contribution in [0, 0.1) is 5.82 Å². The van der Waals surface area contributed by atoms with Gasteiger partial charge in [-0.2, -0.15) is 0 Å². The first kappa shape index (κ1) is 22.7. The molecular formula is C24H29FN2O4. The third kappa shape index (κ3) is 5.61. The van der Waals surface area contributed by atoms with Crippen molar-refractivity contribution < 1.29 is 23.5 Å². The molecule has 3 rings (SSSR count). The molecule has 0 aliphatic carbocycles. The fourth-order valence-corrected chi connectivity index (χ4v) is 3.86. The quantitative estimate of drug-likeness (QED) is 0.602. The van der Waals surface area contributed by atoms with Gasteiger partial charge in [0, 0.05) is 31.7 Å². The number of piperazine rings is 1. The SMILES string of the molecule is CCOc1cccc(C=O)c1OCC(=O)N1CC(C)N(Cc2ccc(F)cc2)CC1C. The number of nitrogens with zero attached hydrogens (tertiary/aromatic N) is 2. The Hall–Kier alpha value is -2.93. The van der Waals surface area contributed by atoms with Crippen molar-refractivity contribution in [3.05, 3.63) is 59.4 Å². The van der Waals surface area contributed by atoms with Gasteiger partial charge in [0.05, 0.1) is 12.2 Å². The van der Waals surface area contributed by atoms with Gasteiger partial charge in [0.25, 0.3) is 5.91 Å². The van der Waals surface area contributed by atoms with Crippen molar-refractivity contribution in [3.8, 4) is 11.5 Å². The lowest BCUT2D eigenvalue weighted by Gasteiger charge is -2.44. The van der Waals surface area contributed by atoms with Crippen molar-refractivity contribution >= 4 is 12.2 Å². The highest BCUT2D eigenvalue weighted by Crippen LogP contribution is 2.30. The molecule has 0 saturated carbocycles. The average Bonchev–Trinajstić information content (AvgIpc) is 2.76. The predicted octanol–water partition coefficient (Wildman–Crippen LogP) is 3.54. The molecule has 1 heterocycles. The van der Waals surface area contributed by atoms with Crippen LogP contribution in [0.2, 0.25) is 0 Å². The van der Waals surface area contributed by atoms with Crippen LogP contribution in [0.15, 0.2) is 42.5 Å². The molecule has 0 radical (unpaired) electrons. The summed E-state index contributed by atoms with van der Waals surface area (Å²) in [4.78, 5) is 28.4. The Morgan fingerprint density at radius 1 is 1.10 bits per heavy atom. The lowest BCUT2D eigenvalue weighted by molar-refractivity contribution is -0.139. The number of carbonyl (C=O) groups excluding carboxylic acids is 2. The van der Waals surface area contributed by atoms with Gasteiger partial charge >= 0.3 is 0 Å². The zero-order valence-corrected chi connectivity index (χ0v) is 18.2. The summed E-state index contributed by atoms with van der Waals surface area (Å²) in [5, 5.41) is 0. The van der Waals surface area contributed by atoms with Crippen LogP contribution >= 0.6 is 0 Å². The van der Waals surface area contributed by atoms with Crippen LogP contribution in [-0.4, -0.2) is 60.4 Å². The second-order valence-electron chi connectivity index (χ2n) is 7.81. The summed E-state index contributed by atoms with van der Waals surface area (Å²) in [6.07, 6.45) is 0.696. The van der Waals surface area contributed by atoms with Crippen LogP contribution in [-0.2, 0) is 11.3 Å². The molecule has 6 nitrogen and oxygen atoms in total. The number of halogens is 1. The summed E-state index contributed by atoms with van der Waals surface area (Å²) in [5.41, 5.74) is 1.39. The number of amides is 1. The van der Waals surface area contributed by atoms with Crippen LogP contribution < -0.4 is 9.47 Å². The second kappa shape index (κ2) is 10.4. The van der Waals surface area contributed by atoms with E-state index in [9.17, 15) is 14.0 Å². The molecule has 0 aromatic heterocycles. The number of rotatable bonds is 8. The molecule has 1 aliphatic rings. The first-order valence-corrected chi connectivity index (χ1v) is 10.5. The van der Waals surface area contributed by atoms with Crippen LogP contribution in [0.5, 0.6) is 11.5 Å². The average molecular weight is 429 g/mol. The van der Waals surface area contributed by atoms with E-state index in [2.05, 4.69) is 11.8 Å². The number of hydrogen-bond acceptors (Lipinski definition) is 5. The van der Waals surface area contributed by atoms with E-state index in [1.807, 2.05) is 18.7 Å². The van der Waals surface area contributed by atoms with Gasteiger partial charge in [-0.1, -0.05) is 18.2 Å². The van der Waals surface area contributed by atoms with Crippen LogP contribution in [0.4, 0.5) is 4.39 Å². The third-order valence-electron chi connectivity index (χ3n) is 5.51. The first-order chi connectivity index (χ1) is 14.9. The summed E-state index contributed by atoms with van der Waals surface area (Å²) < 4.78 is 24.4. The standard InChI is InChI=1S/C24H29FN2O4/c1-4-30-22-7-5-6-20(15-28)24(22)31-16-23(29)27-13-17(2)26(12-18(27)3)14-19-8-10-21(25)11-9-19/h5-11,15,17-18H,4,12-14,16H2,1-3H3. The molecule has 2 aromatic carbocycles. The van der Waals surface area contributed by atoms with E-state index < -0.39 is 0 Å². The highest BCUT2D eigenvalue weighted by atomic mass is 19.1. The van der Waals surface area contributed by atoms with E-state index in [1.165, 1.54) is 12.1 Å². The summed E-state index contributed by atoms with van der Waals surface area (Å²) in [7, 11) is 0. The normalized spacial score (nSPS) is 19.2. The molecule has 1 fully saturated rings. The van der Waals surface area contributed by atoms with Gasteiger partial charge in [-0.3, -0.25) is 14.5 Å². The Kier molecular flexibility index (Phi) is 7.63. The lowest BCUT2D eigenvalue weighted by Crippen LogP contribution is -2.58. The molecule has 0 N–H and O–H groups in total. The molecule has 1 saturated heterocycles. The summed E-state index contributed by atoms with van der Waals surface area (Å²) in [6.45, 7) is 8.17. The topological polar surface area (TPSA) is 59.1 Å². The van der Waals surface area contributed by atoms with Crippen molar-refractivity contribution in [1.29, 1.82) is 0 Å². The molecule has 1 aliphatic heterocycles. The van der Waals surface area contributed by atoms with Gasteiger partial charge in [0.15, 0.2) is 24.4 Å². The van der Waals surface area contributed by atoms with Gasteiger partial charge in [-0.05, 0) is 50.6 Å². The second-order valence-corrected chi connectivity index (χ2v) is 7.81. The molecule has 2 atom stereocenters. The number of hydrogen-bond donors (Lipinski definition) is 0. The molecule has 2 aromatic rings. The van der Waals surface area contributed by atoms with E-state index in [0.29, 0.717) is 49.6 Å². The number of benzene rings is 2. The van der Waals surface area contributed by atoms with Gasteiger partial charge in [-0.15, -0.1) is 0 Å². The maximum absolute atomic E-state index is 13.2. The molecule has 1 amide bonds. The van der Waals surface area contributed by atoms with E-state index in [-0.39, 0.29) is 30.4 Å². The molecule has 0 bridgehead atoms. The van der Waals surface area contributed by atoms with E-state index in [4.69, 9.17) is 9.47 Å². The summed E-state index contributed by atoms with van der Waals surface area (Å²) >= 11 is 0. The van der Waals surface area contributed by atoms with E-state index in [0.717, 1.165) is 5.56 Å². The number of carbonyl (C=O) groups is 2. The van der Waals surface area contributed by atoms with E-state index in [1.54, 1.807) is 30.3 Å². The largest absolute Gasteiger partial charge is 0.490 e. The zero-order valence-electron chi connectivity index (χ0n) is 18.2. The third-order valence-corrected chi connectivity index (χ3v) is 5.51. The Morgan fingerprint density at radius 3 is 2.52 bits per heavy atom. The Bertz CT molecular complexity index is 903. The zero-order chi connectivity index (χ0) is 22.4. The minimum atomic E-state index is -0.246.